The van der Waals surface area contributed by atoms with Crippen LogP contribution in [0.2, 0.25) is 0 Å². The van der Waals surface area contributed by atoms with E-state index in [0.29, 0.717) is 6.04 Å². The van der Waals surface area contributed by atoms with Crippen molar-refractivity contribution in [2.75, 3.05) is 0 Å². The zero-order chi connectivity index (χ0) is 13.8. The average molecular weight is 257 g/mol. The standard InChI is InChI=1S/C17H20FN/c1-12(2)19-11-15-8-9-16(18)10-17(15)14-6-4-13(3)5-7-14/h4-10,12,19H,11H2,1-3H3. The second-order valence-corrected chi connectivity index (χ2v) is 5.20. The Morgan fingerprint density at radius 1 is 1.05 bits per heavy atom. The van der Waals surface area contributed by atoms with Crippen LogP contribution in [0.5, 0.6) is 0 Å². The number of halogens is 1. The lowest BCUT2D eigenvalue weighted by Gasteiger charge is -2.13. The number of hydrogen-bond acceptors (Lipinski definition) is 1. The van der Waals surface area contributed by atoms with E-state index in [0.717, 1.165) is 23.2 Å². The molecule has 0 aliphatic carbocycles. The molecular weight excluding hydrogens is 237 g/mol. The summed E-state index contributed by atoms with van der Waals surface area (Å²) in [6, 6.07) is 13.6. The maximum Gasteiger partial charge on any atom is 0.123 e. The first-order valence-electron chi connectivity index (χ1n) is 6.65. The molecule has 0 radical (unpaired) electrons. The summed E-state index contributed by atoms with van der Waals surface area (Å²) in [7, 11) is 0. The van der Waals surface area contributed by atoms with Gasteiger partial charge in [-0.05, 0) is 35.7 Å². The molecule has 0 aliphatic rings. The summed E-state index contributed by atoms with van der Waals surface area (Å²) < 4.78 is 13.5. The van der Waals surface area contributed by atoms with Crippen molar-refractivity contribution >= 4 is 0 Å². The Bertz CT molecular complexity index is 544. The Morgan fingerprint density at radius 3 is 2.37 bits per heavy atom. The van der Waals surface area contributed by atoms with Gasteiger partial charge in [-0.2, -0.15) is 0 Å². The zero-order valence-electron chi connectivity index (χ0n) is 11.7. The van der Waals surface area contributed by atoms with Gasteiger partial charge in [0.15, 0.2) is 0 Å². The second-order valence-electron chi connectivity index (χ2n) is 5.20. The molecule has 0 aromatic heterocycles. The normalized spacial score (nSPS) is 11.0. The highest BCUT2D eigenvalue weighted by Crippen LogP contribution is 2.25. The van der Waals surface area contributed by atoms with Gasteiger partial charge in [-0.3, -0.25) is 0 Å². The predicted molar refractivity (Wildman–Crippen MR) is 78.5 cm³/mol. The van der Waals surface area contributed by atoms with Crippen molar-refractivity contribution in [1.29, 1.82) is 0 Å². The lowest BCUT2D eigenvalue weighted by atomic mass is 9.98. The third-order valence-electron chi connectivity index (χ3n) is 3.14. The largest absolute Gasteiger partial charge is 0.310 e. The molecule has 1 nitrogen and oxygen atoms in total. The topological polar surface area (TPSA) is 12.0 Å². The number of aryl methyl sites for hydroxylation is 1. The van der Waals surface area contributed by atoms with Gasteiger partial charge in [0.05, 0.1) is 0 Å². The molecule has 0 atom stereocenters. The van der Waals surface area contributed by atoms with Gasteiger partial charge >= 0.3 is 0 Å². The van der Waals surface area contributed by atoms with Crippen LogP contribution < -0.4 is 5.32 Å². The Hall–Kier alpha value is -1.67. The summed E-state index contributed by atoms with van der Waals surface area (Å²) in [5.74, 6) is -0.191. The van der Waals surface area contributed by atoms with E-state index in [1.54, 1.807) is 6.07 Å². The highest BCUT2D eigenvalue weighted by atomic mass is 19.1. The Kier molecular flexibility index (Phi) is 4.33. The molecule has 0 spiro atoms. The van der Waals surface area contributed by atoms with Crippen molar-refractivity contribution < 1.29 is 4.39 Å². The van der Waals surface area contributed by atoms with Crippen molar-refractivity contribution in [3.05, 3.63) is 59.4 Å². The zero-order valence-corrected chi connectivity index (χ0v) is 11.7. The summed E-state index contributed by atoms with van der Waals surface area (Å²) in [5.41, 5.74) is 4.36. The van der Waals surface area contributed by atoms with Crippen molar-refractivity contribution in [3.8, 4) is 11.1 Å². The Balaban J connectivity index is 2.36. The second kappa shape index (κ2) is 5.98. The molecule has 0 saturated heterocycles. The molecule has 2 aromatic carbocycles. The molecule has 2 aromatic rings. The van der Waals surface area contributed by atoms with Crippen LogP contribution in [0, 0.1) is 12.7 Å². The summed E-state index contributed by atoms with van der Waals surface area (Å²) in [5, 5.41) is 3.38. The maximum absolute atomic E-state index is 13.5. The molecule has 0 bridgehead atoms. The molecular formula is C17H20FN. The van der Waals surface area contributed by atoms with E-state index < -0.39 is 0 Å². The quantitative estimate of drug-likeness (QED) is 0.861. The number of hydrogen-bond donors (Lipinski definition) is 1. The van der Waals surface area contributed by atoms with Crippen molar-refractivity contribution in [2.24, 2.45) is 0 Å². The van der Waals surface area contributed by atoms with Crippen LogP contribution in [0.25, 0.3) is 11.1 Å². The highest BCUT2D eigenvalue weighted by Gasteiger charge is 2.07. The lowest BCUT2D eigenvalue weighted by Crippen LogP contribution is -2.22. The molecule has 0 unspecified atom stereocenters. The third-order valence-corrected chi connectivity index (χ3v) is 3.14. The summed E-state index contributed by atoms with van der Waals surface area (Å²) >= 11 is 0. The monoisotopic (exact) mass is 257 g/mol. The van der Waals surface area contributed by atoms with Gasteiger partial charge in [0, 0.05) is 12.6 Å². The van der Waals surface area contributed by atoms with Gasteiger partial charge in [0.2, 0.25) is 0 Å². The first-order valence-corrected chi connectivity index (χ1v) is 6.65. The fourth-order valence-electron chi connectivity index (χ4n) is 2.02. The van der Waals surface area contributed by atoms with E-state index >= 15 is 0 Å². The molecule has 0 amide bonds. The Morgan fingerprint density at radius 2 is 1.74 bits per heavy atom. The summed E-state index contributed by atoms with van der Waals surface area (Å²) in [6.07, 6.45) is 0. The first-order chi connectivity index (χ1) is 9.06. The minimum Gasteiger partial charge on any atom is -0.310 e. The van der Waals surface area contributed by atoms with Gasteiger partial charge in [0.25, 0.3) is 0 Å². The van der Waals surface area contributed by atoms with Gasteiger partial charge in [0.1, 0.15) is 5.82 Å². The number of benzene rings is 2. The van der Waals surface area contributed by atoms with Gasteiger partial charge in [-0.15, -0.1) is 0 Å². The molecule has 0 heterocycles. The van der Waals surface area contributed by atoms with Crippen LogP contribution in [0.15, 0.2) is 42.5 Å². The van der Waals surface area contributed by atoms with Gasteiger partial charge in [-0.25, -0.2) is 4.39 Å². The van der Waals surface area contributed by atoms with Crippen LogP contribution >= 0.6 is 0 Å². The minimum atomic E-state index is -0.191. The molecule has 0 saturated carbocycles. The molecule has 0 aliphatic heterocycles. The summed E-state index contributed by atoms with van der Waals surface area (Å²) in [6.45, 7) is 7.02. The van der Waals surface area contributed by atoms with Crippen LogP contribution in [-0.2, 0) is 6.54 Å². The fraction of sp³-hybridized carbons (Fsp3) is 0.294. The van der Waals surface area contributed by atoms with E-state index in [4.69, 9.17) is 0 Å². The average Bonchev–Trinajstić information content (AvgIpc) is 2.38. The third kappa shape index (κ3) is 3.65. The van der Waals surface area contributed by atoms with Crippen molar-refractivity contribution in [3.63, 3.8) is 0 Å². The number of rotatable bonds is 4. The van der Waals surface area contributed by atoms with Gasteiger partial charge in [-0.1, -0.05) is 49.7 Å². The van der Waals surface area contributed by atoms with Crippen LogP contribution in [0.4, 0.5) is 4.39 Å². The van der Waals surface area contributed by atoms with Crippen LogP contribution in [-0.4, -0.2) is 6.04 Å². The summed E-state index contributed by atoms with van der Waals surface area (Å²) in [4.78, 5) is 0. The fourth-order valence-corrected chi connectivity index (χ4v) is 2.02. The van der Waals surface area contributed by atoms with Gasteiger partial charge < -0.3 is 5.32 Å². The molecule has 2 heteroatoms. The van der Waals surface area contributed by atoms with Crippen LogP contribution in [0.1, 0.15) is 25.0 Å². The first kappa shape index (κ1) is 13.8. The smallest absolute Gasteiger partial charge is 0.123 e. The lowest BCUT2D eigenvalue weighted by molar-refractivity contribution is 0.587. The highest BCUT2D eigenvalue weighted by molar-refractivity contribution is 5.67. The molecule has 2 rings (SSSR count). The molecule has 19 heavy (non-hydrogen) atoms. The van der Waals surface area contributed by atoms with E-state index in [2.05, 4.69) is 38.2 Å². The predicted octanol–water partition coefficient (Wildman–Crippen LogP) is 4.30. The SMILES string of the molecule is Cc1ccc(-c2cc(F)ccc2CNC(C)C)cc1. The van der Waals surface area contributed by atoms with E-state index in [1.807, 2.05) is 18.2 Å². The molecule has 0 fully saturated rings. The number of nitrogens with one attached hydrogen (secondary N) is 1. The van der Waals surface area contributed by atoms with E-state index in [9.17, 15) is 4.39 Å². The van der Waals surface area contributed by atoms with Crippen molar-refractivity contribution in [2.45, 2.75) is 33.4 Å². The van der Waals surface area contributed by atoms with Crippen LogP contribution in [0.3, 0.4) is 0 Å². The van der Waals surface area contributed by atoms with E-state index in [-0.39, 0.29) is 5.82 Å². The Labute approximate surface area is 114 Å². The van der Waals surface area contributed by atoms with Crippen molar-refractivity contribution in [1.82, 2.24) is 5.32 Å². The maximum atomic E-state index is 13.5. The molecule has 1 N–H and O–H groups in total. The minimum absolute atomic E-state index is 0.191. The molecule has 100 valence electrons. The van der Waals surface area contributed by atoms with E-state index in [1.165, 1.54) is 11.6 Å².